The Hall–Kier alpha value is -0.0800. The van der Waals surface area contributed by atoms with Gasteiger partial charge in [-0.3, -0.25) is 4.90 Å². The Morgan fingerprint density at radius 1 is 1.07 bits per heavy atom. The molecule has 1 heterocycles. The second-order valence-electron chi connectivity index (χ2n) is 6.21. The SMILES string of the molecule is CC1CCC(C)CN(COC(C)(C)C)C1. The second-order valence-corrected chi connectivity index (χ2v) is 6.21. The standard InChI is InChI=1S/C13H27NO/c1-11-6-7-12(2)9-14(8-11)10-15-13(3,4)5/h11-12H,6-10H2,1-5H3. The largest absolute Gasteiger partial charge is 0.360 e. The molecular weight excluding hydrogens is 186 g/mol. The number of hydrogen-bond acceptors (Lipinski definition) is 2. The van der Waals surface area contributed by atoms with Crippen LogP contribution in [0.4, 0.5) is 0 Å². The lowest BCUT2D eigenvalue weighted by Gasteiger charge is -2.28. The van der Waals surface area contributed by atoms with Crippen molar-refractivity contribution in [3.05, 3.63) is 0 Å². The highest BCUT2D eigenvalue weighted by atomic mass is 16.5. The first-order valence-corrected chi connectivity index (χ1v) is 6.23. The van der Waals surface area contributed by atoms with E-state index in [-0.39, 0.29) is 5.60 Å². The van der Waals surface area contributed by atoms with Gasteiger partial charge >= 0.3 is 0 Å². The molecule has 1 aliphatic heterocycles. The summed E-state index contributed by atoms with van der Waals surface area (Å²) in [6.07, 6.45) is 2.74. The minimum absolute atomic E-state index is 0.0151. The summed E-state index contributed by atoms with van der Waals surface area (Å²) in [6, 6.07) is 0. The average Bonchev–Trinajstić information content (AvgIpc) is 2.24. The van der Waals surface area contributed by atoms with Crippen LogP contribution in [0.3, 0.4) is 0 Å². The van der Waals surface area contributed by atoms with Crippen molar-refractivity contribution < 1.29 is 4.74 Å². The predicted octanol–water partition coefficient (Wildman–Crippen LogP) is 3.13. The highest BCUT2D eigenvalue weighted by molar-refractivity contribution is 4.71. The molecule has 2 unspecified atom stereocenters. The molecule has 0 bridgehead atoms. The van der Waals surface area contributed by atoms with E-state index in [4.69, 9.17) is 4.74 Å². The zero-order valence-electron chi connectivity index (χ0n) is 11.0. The maximum Gasteiger partial charge on any atom is 0.0997 e. The van der Waals surface area contributed by atoms with Crippen molar-refractivity contribution in [2.75, 3.05) is 19.8 Å². The Kier molecular flexibility index (Phi) is 4.60. The first kappa shape index (κ1) is 13.0. The summed E-state index contributed by atoms with van der Waals surface area (Å²) in [5.41, 5.74) is -0.0151. The van der Waals surface area contributed by atoms with E-state index in [1.807, 2.05) is 0 Å². The molecule has 0 saturated carbocycles. The van der Waals surface area contributed by atoms with Crippen molar-refractivity contribution in [1.29, 1.82) is 0 Å². The monoisotopic (exact) mass is 213 g/mol. The van der Waals surface area contributed by atoms with Gasteiger partial charge in [0.15, 0.2) is 0 Å². The first-order valence-electron chi connectivity index (χ1n) is 6.23. The van der Waals surface area contributed by atoms with E-state index in [1.165, 1.54) is 25.9 Å². The van der Waals surface area contributed by atoms with Crippen LogP contribution in [0, 0.1) is 11.8 Å². The summed E-state index contributed by atoms with van der Waals surface area (Å²) in [5, 5.41) is 0. The van der Waals surface area contributed by atoms with Gasteiger partial charge in [-0.1, -0.05) is 13.8 Å². The van der Waals surface area contributed by atoms with E-state index < -0.39 is 0 Å². The van der Waals surface area contributed by atoms with Gasteiger partial charge in [0.2, 0.25) is 0 Å². The summed E-state index contributed by atoms with van der Waals surface area (Å²) >= 11 is 0. The molecule has 15 heavy (non-hydrogen) atoms. The van der Waals surface area contributed by atoms with Crippen LogP contribution in [0.5, 0.6) is 0 Å². The molecule has 0 aromatic carbocycles. The van der Waals surface area contributed by atoms with E-state index in [1.54, 1.807) is 0 Å². The lowest BCUT2D eigenvalue weighted by Crippen LogP contribution is -2.35. The fourth-order valence-electron chi connectivity index (χ4n) is 2.10. The molecule has 2 heteroatoms. The maximum atomic E-state index is 5.85. The molecule has 90 valence electrons. The lowest BCUT2D eigenvalue weighted by molar-refractivity contribution is -0.0672. The first-order chi connectivity index (χ1) is 6.87. The molecule has 2 atom stereocenters. The van der Waals surface area contributed by atoms with Crippen LogP contribution in [-0.2, 0) is 4.74 Å². The average molecular weight is 213 g/mol. The Balaban J connectivity index is 2.38. The quantitative estimate of drug-likeness (QED) is 0.699. The zero-order valence-corrected chi connectivity index (χ0v) is 11.0. The van der Waals surface area contributed by atoms with E-state index in [9.17, 15) is 0 Å². The number of nitrogens with zero attached hydrogens (tertiary/aromatic N) is 1. The maximum absolute atomic E-state index is 5.85. The van der Waals surface area contributed by atoms with Crippen LogP contribution in [0.25, 0.3) is 0 Å². The van der Waals surface area contributed by atoms with Crippen molar-refractivity contribution in [3.8, 4) is 0 Å². The third-order valence-corrected chi connectivity index (χ3v) is 2.97. The summed E-state index contributed by atoms with van der Waals surface area (Å²) in [4.78, 5) is 2.47. The molecule has 0 aromatic heterocycles. The molecule has 2 nitrogen and oxygen atoms in total. The van der Waals surface area contributed by atoms with Crippen LogP contribution in [0.2, 0.25) is 0 Å². The fourth-order valence-corrected chi connectivity index (χ4v) is 2.10. The van der Waals surface area contributed by atoms with Crippen LogP contribution in [-0.4, -0.2) is 30.3 Å². The van der Waals surface area contributed by atoms with Gasteiger partial charge in [-0.2, -0.15) is 0 Å². The Bertz CT molecular complexity index is 173. The van der Waals surface area contributed by atoms with Crippen LogP contribution in [0.15, 0.2) is 0 Å². The van der Waals surface area contributed by atoms with Gasteiger partial charge in [0.05, 0.1) is 12.3 Å². The van der Waals surface area contributed by atoms with Crippen LogP contribution < -0.4 is 0 Å². The van der Waals surface area contributed by atoms with Crippen molar-refractivity contribution in [2.24, 2.45) is 11.8 Å². The Labute approximate surface area is 95.0 Å². The minimum atomic E-state index is -0.0151. The van der Waals surface area contributed by atoms with Gasteiger partial charge in [0.1, 0.15) is 0 Å². The molecule has 1 saturated heterocycles. The Morgan fingerprint density at radius 3 is 1.93 bits per heavy atom. The number of rotatable bonds is 2. The van der Waals surface area contributed by atoms with E-state index >= 15 is 0 Å². The van der Waals surface area contributed by atoms with Crippen LogP contribution >= 0.6 is 0 Å². The normalized spacial score (nSPS) is 30.2. The molecule has 0 aliphatic carbocycles. The summed E-state index contributed by atoms with van der Waals surface area (Å²) in [5.74, 6) is 1.64. The van der Waals surface area contributed by atoms with Crippen molar-refractivity contribution in [2.45, 2.75) is 53.1 Å². The molecule has 0 radical (unpaired) electrons. The van der Waals surface area contributed by atoms with Crippen LogP contribution in [0.1, 0.15) is 47.5 Å². The van der Waals surface area contributed by atoms with Gasteiger partial charge in [-0.25, -0.2) is 0 Å². The van der Waals surface area contributed by atoms with E-state index in [0.717, 1.165) is 18.6 Å². The van der Waals surface area contributed by atoms with Crippen molar-refractivity contribution >= 4 is 0 Å². The fraction of sp³-hybridized carbons (Fsp3) is 1.00. The van der Waals surface area contributed by atoms with Gasteiger partial charge in [-0.15, -0.1) is 0 Å². The number of hydrogen-bond donors (Lipinski definition) is 0. The van der Waals surface area contributed by atoms with Gasteiger partial charge in [0, 0.05) is 13.1 Å². The Morgan fingerprint density at radius 2 is 1.53 bits per heavy atom. The molecule has 0 aromatic rings. The van der Waals surface area contributed by atoms with Crippen molar-refractivity contribution in [3.63, 3.8) is 0 Å². The molecule has 0 amide bonds. The molecule has 0 N–H and O–H groups in total. The zero-order chi connectivity index (χ0) is 11.5. The third-order valence-electron chi connectivity index (χ3n) is 2.97. The second kappa shape index (κ2) is 5.31. The highest BCUT2D eigenvalue weighted by Gasteiger charge is 2.20. The van der Waals surface area contributed by atoms with Gasteiger partial charge in [-0.05, 0) is 45.4 Å². The molecule has 0 spiro atoms. The molecule has 1 aliphatic rings. The molecular formula is C13H27NO. The highest BCUT2D eigenvalue weighted by Crippen LogP contribution is 2.20. The van der Waals surface area contributed by atoms with Gasteiger partial charge in [0.25, 0.3) is 0 Å². The summed E-state index contributed by atoms with van der Waals surface area (Å²) in [7, 11) is 0. The minimum Gasteiger partial charge on any atom is -0.360 e. The van der Waals surface area contributed by atoms with E-state index in [0.29, 0.717) is 0 Å². The predicted molar refractivity (Wildman–Crippen MR) is 64.8 cm³/mol. The molecule has 1 rings (SSSR count). The summed E-state index contributed by atoms with van der Waals surface area (Å²) < 4.78 is 5.85. The van der Waals surface area contributed by atoms with Gasteiger partial charge < -0.3 is 4.74 Å². The third kappa shape index (κ3) is 5.53. The lowest BCUT2D eigenvalue weighted by atomic mass is 10.0. The summed E-state index contributed by atoms with van der Waals surface area (Å²) in [6.45, 7) is 14.2. The number of likely N-dealkylation sites (tertiary alicyclic amines) is 1. The smallest absolute Gasteiger partial charge is 0.0997 e. The molecule has 1 fully saturated rings. The van der Waals surface area contributed by atoms with E-state index in [2.05, 4.69) is 39.5 Å². The topological polar surface area (TPSA) is 12.5 Å². The number of ether oxygens (including phenoxy) is 1. The van der Waals surface area contributed by atoms with Crippen molar-refractivity contribution in [1.82, 2.24) is 4.90 Å².